The summed E-state index contributed by atoms with van der Waals surface area (Å²) in [4.78, 5) is 13.3. The molecular formula is C23H37NO3. The molecule has 0 saturated heterocycles. The van der Waals surface area contributed by atoms with Gasteiger partial charge in [0, 0.05) is 26.4 Å². The van der Waals surface area contributed by atoms with Crippen molar-refractivity contribution in [2.45, 2.75) is 82.3 Å². The van der Waals surface area contributed by atoms with Crippen LogP contribution in [0.5, 0.6) is 0 Å². The highest BCUT2D eigenvalue weighted by Crippen LogP contribution is 2.48. The van der Waals surface area contributed by atoms with Crippen LogP contribution in [0.4, 0.5) is 0 Å². The molecule has 3 aliphatic rings. The van der Waals surface area contributed by atoms with E-state index in [1.54, 1.807) is 4.90 Å². The molecular weight excluding hydrogens is 338 g/mol. The molecule has 2 N–H and O–H groups in total. The van der Waals surface area contributed by atoms with Crippen LogP contribution in [-0.4, -0.2) is 46.8 Å². The first kappa shape index (κ1) is 20.6. The standard InChI is InChI=1S/C23H37NO3/c1-24(2)22(26)10-4-3-8-17-14-18-16-21(25)19(20(18)15-17)9-7-13-23(27)11-5-6-12-23/h7,9,14,18-21,25,27H,3-6,8,10-13,15-16H2,1-2H3/t18-,19+,20-,21+/m0/s1. The van der Waals surface area contributed by atoms with Crippen molar-refractivity contribution in [1.82, 2.24) is 4.90 Å². The molecule has 4 heteroatoms. The number of hydrogen-bond donors (Lipinski definition) is 2. The van der Waals surface area contributed by atoms with Gasteiger partial charge in [-0.3, -0.25) is 4.79 Å². The Bertz CT molecular complexity index is 574. The molecule has 2 fully saturated rings. The van der Waals surface area contributed by atoms with Gasteiger partial charge in [-0.25, -0.2) is 0 Å². The Kier molecular flexibility index (Phi) is 6.80. The van der Waals surface area contributed by atoms with Gasteiger partial charge in [0.1, 0.15) is 0 Å². The van der Waals surface area contributed by atoms with Crippen molar-refractivity contribution in [3.8, 4) is 0 Å². The fourth-order valence-corrected chi connectivity index (χ4v) is 5.32. The highest BCUT2D eigenvalue weighted by molar-refractivity contribution is 5.75. The van der Waals surface area contributed by atoms with Crippen molar-refractivity contribution < 1.29 is 15.0 Å². The predicted octanol–water partition coefficient (Wildman–Crippen LogP) is 3.83. The summed E-state index contributed by atoms with van der Waals surface area (Å²) in [5, 5.41) is 21.0. The fraction of sp³-hybridized carbons (Fsp3) is 0.783. The monoisotopic (exact) mass is 375 g/mol. The second-order valence-electron chi connectivity index (χ2n) is 9.30. The van der Waals surface area contributed by atoms with E-state index in [1.807, 2.05) is 14.1 Å². The molecule has 27 heavy (non-hydrogen) atoms. The normalized spacial score (nSPS) is 32.1. The number of carbonyl (C=O) groups excluding carboxylic acids is 1. The number of allylic oxidation sites excluding steroid dienone is 2. The van der Waals surface area contributed by atoms with Gasteiger partial charge in [0.15, 0.2) is 0 Å². The van der Waals surface area contributed by atoms with E-state index in [9.17, 15) is 15.0 Å². The second kappa shape index (κ2) is 8.91. The molecule has 3 aliphatic carbocycles. The van der Waals surface area contributed by atoms with Crippen molar-refractivity contribution in [2.75, 3.05) is 14.1 Å². The van der Waals surface area contributed by atoms with Gasteiger partial charge in [-0.05, 0) is 63.2 Å². The third-order valence-electron chi connectivity index (χ3n) is 6.98. The number of aliphatic hydroxyl groups excluding tert-OH is 1. The van der Waals surface area contributed by atoms with E-state index in [0.717, 1.165) is 64.2 Å². The summed E-state index contributed by atoms with van der Waals surface area (Å²) in [6, 6.07) is 0. The highest BCUT2D eigenvalue weighted by atomic mass is 16.3. The molecule has 4 atom stereocenters. The smallest absolute Gasteiger partial charge is 0.222 e. The Hall–Kier alpha value is -1.13. The summed E-state index contributed by atoms with van der Waals surface area (Å²) in [7, 11) is 3.63. The average molecular weight is 376 g/mol. The number of aliphatic hydroxyl groups is 2. The lowest BCUT2D eigenvalue weighted by Gasteiger charge is -2.21. The summed E-state index contributed by atoms with van der Waals surface area (Å²) < 4.78 is 0. The van der Waals surface area contributed by atoms with E-state index in [4.69, 9.17) is 0 Å². The van der Waals surface area contributed by atoms with Crippen LogP contribution in [-0.2, 0) is 4.79 Å². The van der Waals surface area contributed by atoms with Crippen molar-refractivity contribution in [3.05, 3.63) is 23.8 Å². The van der Waals surface area contributed by atoms with Crippen LogP contribution in [0, 0.1) is 17.8 Å². The Morgan fingerprint density at radius 3 is 2.74 bits per heavy atom. The predicted molar refractivity (Wildman–Crippen MR) is 108 cm³/mol. The molecule has 0 aliphatic heterocycles. The van der Waals surface area contributed by atoms with Crippen LogP contribution in [0.3, 0.4) is 0 Å². The SMILES string of the molecule is CN(C)C(=O)CCCCC1=C[C@H]2C[C@@H](O)[C@H](C=CCC3(O)CCCC3)[C@H]2C1. The number of unbranched alkanes of at least 4 members (excludes halogenated alkanes) is 1. The molecule has 0 aromatic heterocycles. The minimum Gasteiger partial charge on any atom is -0.392 e. The van der Waals surface area contributed by atoms with Crippen LogP contribution < -0.4 is 0 Å². The summed E-state index contributed by atoms with van der Waals surface area (Å²) in [6.45, 7) is 0. The minimum absolute atomic E-state index is 0.213. The first-order chi connectivity index (χ1) is 12.9. The molecule has 2 saturated carbocycles. The van der Waals surface area contributed by atoms with Crippen LogP contribution in [0.15, 0.2) is 23.8 Å². The number of carbonyl (C=O) groups is 1. The molecule has 4 nitrogen and oxygen atoms in total. The molecule has 0 bridgehead atoms. The zero-order valence-corrected chi connectivity index (χ0v) is 17.1. The first-order valence-corrected chi connectivity index (χ1v) is 10.8. The van der Waals surface area contributed by atoms with Crippen LogP contribution in [0.2, 0.25) is 0 Å². The van der Waals surface area contributed by atoms with E-state index in [1.165, 1.54) is 5.57 Å². The van der Waals surface area contributed by atoms with Crippen molar-refractivity contribution in [3.63, 3.8) is 0 Å². The molecule has 3 rings (SSSR count). The van der Waals surface area contributed by atoms with E-state index in [2.05, 4.69) is 18.2 Å². The van der Waals surface area contributed by atoms with Gasteiger partial charge >= 0.3 is 0 Å². The summed E-state index contributed by atoms with van der Waals surface area (Å²) in [6.07, 6.45) is 17.0. The first-order valence-electron chi connectivity index (χ1n) is 10.8. The Morgan fingerprint density at radius 2 is 2.04 bits per heavy atom. The summed E-state index contributed by atoms with van der Waals surface area (Å²) in [5.41, 5.74) is 1.02. The Labute approximate surface area is 164 Å². The number of hydrogen-bond acceptors (Lipinski definition) is 3. The van der Waals surface area contributed by atoms with Gasteiger partial charge < -0.3 is 15.1 Å². The Balaban J connectivity index is 1.44. The largest absolute Gasteiger partial charge is 0.392 e. The maximum absolute atomic E-state index is 11.7. The van der Waals surface area contributed by atoms with Crippen LogP contribution >= 0.6 is 0 Å². The maximum atomic E-state index is 11.7. The zero-order valence-electron chi connectivity index (χ0n) is 17.1. The summed E-state index contributed by atoms with van der Waals surface area (Å²) in [5.74, 6) is 1.46. The van der Waals surface area contributed by atoms with E-state index in [0.29, 0.717) is 18.3 Å². The van der Waals surface area contributed by atoms with Gasteiger partial charge in [0.2, 0.25) is 5.91 Å². The fourth-order valence-electron chi connectivity index (χ4n) is 5.32. The van der Waals surface area contributed by atoms with Gasteiger partial charge in [-0.15, -0.1) is 0 Å². The van der Waals surface area contributed by atoms with Crippen LogP contribution in [0.25, 0.3) is 0 Å². The zero-order chi connectivity index (χ0) is 19.4. The average Bonchev–Trinajstić information content (AvgIpc) is 3.28. The maximum Gasteiger partial charge on any atom is 0.222 e. The minimum atomic E-state index is -0.497. The van der Waals surface area contributed by atoms with Crippen molar-refractivity contribution >= 4 is 5.91 Å². The number of amides is 1. The third-order valence-corrected chi connectivity index (χ3v) is 6.98. The Morgan fingerprint density at radius 1 is 1.30 bits per heavy atom. The van der Waals surface area contributed by atoms with Gasteiger partial charge in [0.05, 0.1) is 11.7 Å². The van der Waals surface area contributed by atoms with Gasteiger partial charge in [0.25, 0.3) is 0 Å². The lowest BCUT2D eigenvalue weighted by Crippen LogP contribution is -2.23. The van der Waals surface area contributed by atoms with Crippen molar-refractivity contribution in [1.29, 1.82) is 0 Å². The molecule has 0 aromatic carbocycles. The topological polar surface area (TPSA) is 60.8 Å². The molecule has 0 aromatic rings. The lowest BCUT2D eigenvalue weighted by molar-refractivity contribution is -0.128. The van der Waals surface area contributed by atoms with E-state index >= 15 is 0 Å². The molecule has 0 radical (unpaired) electrons. The van der Waals surface area contributed by atoms with Crippen molar-refractivity contribution in [2.24, 2.45) is 17.8 Å². The molecule has 0 unspecified atom stereocenters. The van der Waals surface area contributed by atoms with Gasteiger partial charge in [-0.2, -0.15) is 0 Å². The summed E-state index contributed by atoms with van der Waals surface area (Å²) >= 11 is 0. The van der Waals surface area contributed by atoms with Gasteiger partial charge in [-0.1, -0.05) is 36.6 Å². The third kappa shape index (κ3) is 5.23. The quantitative estimate of drug-likeness (QED) is 0.501. The number of nitrogens with zero attached hydrogens (tertiary/aromatic N) is 1. The molecule has 1 amide bonds. The molecule has 0 heterocycles. The molecule has 152 valence electrons. The second-order valence-corrected chi connectivity index (χ2v) is 9.30. The molecule has 0 spiro atoms. The van der Waals surface area contributed by atoms with Crippen LogP contribution in [0.1, 0.15) is 70.6 Å². The highest BCUT2D eigenvalue weighted by Gasteiger charge is 2.43. The number of fused-ring (bicyclic) bond motifs is 1. The van der Waals surface area contributed by atoms with E-state index < -0.39 is 5.60 Å². The number of rotatable bonds is 8. The van der Waals surface area contributed by atoms with E-state index in [-0.39, 0.29) is 17.9 Å². The lowest BCUT2D eigenvalue weighted by atomic mass is 9.88.